The summed E-state index contributed by atoms with van der Waals surface area (Å²) in [5.74, 6) is 0.563. The number of aryl methyl sites for hydroxylation is 1. The van der Waals surface area contributed by atoms with Crippen molar-refractivity contribution in [3.8, 4) is 0 Å². The molecule has 7 heteroatoms. The standard InChI is InChI=1S/C8H14ClN3O2S/c1-3-7(9)4-11-15(13,14)8-5-10-6(2)12-8/h5,7,11H,3-4H2,1-2H3,(H,10,12). The highest BCUT2D eigenvalue weighted by Crippen LogP contribution is 2.06. The Morgan fingerprint density at radius 1 is 1.67 bits per heavy atom. The molecule has 0 aromatic carbocycles. The zero-order valence-corrected chi connectivity index (χ0v) is 10.2. The molecule has 0 aliphatic heterocycles. The van der Waals surface area contributed by atoms with E-state index in [9.17, 15) is 8.42 Å². The van der Waals surface area contributed by atoms with E-state index in [0.29, 0.717) is 12.2 Å². The Bertz CT molecular complexity index is 415. The monoisotopic (exact) mass is 251 g/mol. The molecule has 0 saturated heterocycles. The zero-order chi connectivity index (χ0) is 11.5. The predicted molar refractivity (Wildman–Crippen MR) is 58.4 cm³/mol. The average Bonchev–Trinajstić information content (AvgIpc) is 2.62. The van der Waals surface area contributed by atoms with Gasteiger partial charge in [-0.15, -0.1) is 11.6 Å². The fourth-order valence-electron chi connectivity index (χ4n) is 0.957. The lowest BCUT2D eigenvalue weighted by Crippen LogP contribution is -2.29. The van der Waals surface area contributed by atoms with Crippen LogP contribution in [0.4, 0.5) is 0 Å². The third-order valence-corrected chi connectivity index (χ3v) is 3.70. The number of hydrogen-bond donors (Lipinski definition) is 2. The van der Waals surface area contributed by atoms with Crippen molar-refractivity contribution in [2.24, 2.45) is 0 Å². The summed E-state index contributed by atoms with van der Waals surface area (Å²) < 4.78 is 25.7. The molecule has 0 aliphatic carbocycles. The number of sulfonamides is 1. The first-order chi connectivity index (χ1) is 6.95. The Morgan fingerprint density at radius 3 is 2.80 bits per heavy atom. The van der Waals surface area contributed by atoms with Crippen molar-refractivity contribution in [2.75, 3.05) is 6.54 Å². The van der Waals surface area contributed by atoms with Crippen molar-refractivity contribution in [2.45, 2.75) is 30.7 Å². The molecular formula is C8H14ClN3O2S. The summed E-state index contributed by atoms with van der Waals surface area (Å²) in [5, 5.41) is -0.122. The number of H-pyrrole nitrogens is 1. The fraction of sp³-hybridized carbons (Fsp3) is 0.625. The van der Waals surface area contributed by atoms with Gasteiger partial charge < -0.3 is 4.98 Å². The summed E-state index contributed by atoms with van der Waals surface area (Å²) in [7, 11) is -3.50. The van der Waals surface area contributed by atoms with Gasteiger partial charge in [0.05, 0.1) is 6.20 Å². The van der Waals surface area contributed by atoms with Crippen LogP contribution in [0.3, 0.4) is 0 Å². The Labute approximate surface area is 94.3 Å². The van der Waals surface area contributed by atoms with Crippen molar-refractivity contribution < 1.29 is 8.42 Å². The summed E-state index contributed by atoms with van der Waals surface area (Å²) in [6, 6.07) is 0. The number of nitrogens with one attached hydrogen (secondary N) is 2. The molecule has 0 bridgehead atoms. The average molecular weight is 252 g/mol. The summed E-state index contributed by atoms with van der Waals surface area (Å²) in [5.41, 5.74) is 0. The second-order valence-electron chi connectivity index (χ2n) is 3.19. The van der Waals surface area contributed by atoms with Crippen molar-refractivity contribution in [1.29, 1.82) is 0 Å². The first-order valence-corrected chi connectivity index (χ1v) is 6.53. The van der Waals surface area contributed by atoms with Gasteiger partial charge in [-0.25, -0.2) is 18.1 Å². The lowest BCUT2D eigenvalue weighted by molar-refractivity contribution is 0.575. The third kappa shape index (κ3) is 3.48. The van der Waals surface area contributed by atoms with Gasteiger partial charge in [-0.2, -0.15) is 0 Å². The lowest BCUT2D eigenvalue weighted by atomic mass is 10.3. The van der Waals surface area contributed by atoms with Crippen LogP contribution in [0, 0.1) is 6.92 Å². The highest BCUT2D eigenvalue weighted by molar-refractivity contribution is 7.89. The number of alkyl halides is 1. The molecule has 0 radical (unpaired) electrons. The first-order valence-electron chi connectivity index (χ1n) is 4.61. The molecule has 5 nitrogen and oxygen atoms in total. The molecule has 2 N–H and O–H groups in total. The van der Waals surface area contributed by atoms with Gasteiger partial charge in [0.25, 0.3) is 10.0 Å². The van der Waals surface area contributed by atoms with Gasteiger partial charge in [0, 0.05) is 11.9 Å². The number of imidazole rings is 1. The van der Waals surface area contributed by atoms with Crippen LogP contribution in [0.5, 0.6) is 0 Å². The number of nitrogens with zero attached hydrogens (tertiary/aromatic N) is 1. The van der Waals surface area contributed by atoms with Crippen molar-refractivity contribution in [3.05, 3.63) is 12.0 Å². The predicted octanol–water partition coefficient (Wildman–Crippen LogP) is 1.01. The van der Waals surface area contributed by atoms with E-state index in [4.69, 9.17) is 11.6 Å². The normalized spacial score (nSPS) is 14.1. The van der Waals surface area contributed by atoms with Crippen LogP contribution in [-0.2, 0) is 10.0 Å². The highest BCUT2D eigenvalue weighted by atomic mass is 35.5. The van der Waals surface area contributed by atoms with E-state index in [0.717, 1.165) is 0 Å². The van der Waals surface area contributed by atoms with Crippen LogP contribution >= 0.6 is 11.6 Å². The second-order valence-corrected chi connectivity index (χ2v) is 5.54. The number of aromatic amines is 1. The van der Waals surface area contributed by atoms with E-state index >= 15 is 0 Å². The molecule has 1 unspecified atom stereocenters. The summed E-state index contributed by atoms with van der Waals surface area (Å²) >= 11 is 5.81. The molecule has 1 rings (SSSR count). The van der Waals surface area contributed by atoms with Crippen LogP contribution in [0.15, 0.2) is 11.2 Å². The highest BCUT2D eigenvalue weighted by Gasteiger charge is 2.17. The smallest absolute Gasteiger partial charge is 0.257 e. The summed E-state index contributed by atoms with van der Waals surface area (Å²) in [4.78, 5) is 6.48. The number of hydrogen-bond acceptors (Lipinski definition) is 3. The molecule has 1 aromatic rings. The maximum atomic E-state index is 11.6. The minimum atomic E-state index is -3.50. The summed E-state index contributed by atoms with van der Waals surface area (Å²) in [6.45, 7) is 3.81. The van der Waals surface area contributed by atoms with Gasteiger partial charge in [0.2, 0.25) is 0 Å². The molecular weight excluding hydrogens is 238 g/mol. The van der Waals surface area contributed by atoms with Gasteiger partial charge in [-0.3, -0.25) is 0 Å². The molecule has 15 heavy (non-hydrogen) atoms. The van der Waals surface area contributed by atoms with Crippen LogP contribution in [-0.4, -0.2) is 30.3 Å². The fourth-order valence-corrected chi connectivity index (χ4v) is 2.18. The van der Waals surface area contributed by atoms with Crippen LogP contribution in [0.1, 0.15) is 19.2 Å². The molecule has 0 aliphatic rings. The Balaban J connectivity index is 2.68. The lowest BCUT2D eigenvalue weighted by Gasteiger charge is -2.07. The topological polar surface area (TPSA) is 74.8 Å². The molecule has 0 amide bonds. The van der Waals surface area contributed by atoms with Crippen molar-refractivity contribution in [1.82, 2.24) is 14.7 Å². The Hall–Kier alpha value is -0.590. The van der Waals surface area contributed by atoms with E-state index in [1.807, 2.05) is 6.92 Å². The third-order valence-electron chi connectivity index (χ3n) is 1.91. The largest absolute Gasteiger partial charge is 0.332 e. The number of halogens is 1. The molecule has 1 atom stereocenters. The minimum Gasteiger partial charge on any atom is -0.332 e. The van der Waals surface area contributed by atoms with Gasteiger partial charge in [0.1, 0.15) is 5.82 Å². The van der Waals surface area contributed by atoms with Crippen LogP contribution in [0.25, 0.3) is 0 Å². The maximum absolute atomic E-state index is 11.6. The van der Waals surface area contributed by atoms with E-state index in [1.54, 1.807) is 6.92 Å². The Morgan fingerprint density at radius 2 is 2.33 bits per heavy atom. The SMILES string of the molecule is CCC(Cl)CNS(=O)(=O)c1cnc(C)[nH]1. The van der Waals surface area contributed by atoms with Gasteiger partial charge >= 0.3 is 0 Å². The number of rotatable bonds is 5. The van der Waals surface area contributed by atoms with E-state index in [-0.39, 0.29) is 16.9 Å². The molecule has 0 spiro atoms. The van der Waals surface area contributed by atoms with E-state index < -0.39 is 10.0 Å². The van der Waals surface area contributed by atoms with Crippen LogP contribution in [0.2, 0.25) is 0 Å². The second kappa shape index (κ2) is 4.96. The molecule has 86 valence electrons. The minimum absolute atomic E-state index is 0.0694. The summed E-state index contributed by atoms with van der Waals surface area (Å²) in [6.07, 6.45) is 2.00. The van der Waals surface area contributed by atoms with Gasteiger partial charge in [0.15, 0.2) is 5.03 Å². The Kier molecular flexibility index (Phi) is 4.12. The van der Waals surface area contributed by atoms with E-state index in [2.05, 4.69) is 14.7 Å². The molecule has 0 fully saturated rings. The molecule has 1 heterocycles. The quantitative estimate of drug-likeness (QED) is 0.767. The molecule has 0 saturated carbocycles. The number of aromatic nitrogens is 2. The van der Waals surface area contributed by atoms with Gasteiger partial charge in [-0.1, -0.05) is 6.92 Å². The maximum Gasteiger partial charge on any atom is 0.257 e. The van der Waals surface area contributed by atoms with E-state index in [1.165, 1.54) is 6.20 Å². The van der Waals surface area contributed by atoms with Crippen molar-refractivity contribution >= 4 is 21.6 Å². The zero-order valence-electron chi connectivity index (χ0n) is 8.62. The first kappa shape index (κ1) is 12.5. The molecule has 1 aromatic heterocycles. The van der Waals surface area contributed by atoms with Crippen molar-refractivity contribution in [3.63, 3.8) is 0 Å². The van der Waals surface area contributed by atoms with Gasteiger partial charge in [-0.05, 0) is 13.3 Å². The van der Waals surface area contributed by atoms with Crippen LogP contribution < -0.4 is 4.72 Å².